The Bertz CT molecular complexity index is 826. The first kappa shape index (κ1) is 27.0. The van der Waals surface area contributed by atoms with Gasteiger partial charge in [-0.1, -0.05) is 43.5 Å². The molecule has 2 rings (SSSR count). The van der Waals surface area contributed by atoms with Crippen molar-refractivity contribution >= 4 is 11.9 Å². The maximum atomic E-state index is 10.7. The summed E-state index contributed by atoms with van der Waals surface area (Å²) < 4.78 is 10.3. The third-order valence-electron chi connectivity index (χ3n) is 3.28. The lowest BCUT2D eigenvalue weighted by atomic mass is 10.2. The number of carbonyl (C=O) groups is 2. The molecule has 0 bridgehead atoms. The molecule has 2 aromatic carbocycles. The number of aliphatic hydroxyl groups is 2. The van der Waals surface area contributed by atoms with Crippen LogP contribution in [0.25, 0.3) is 0 Å². The van der Waals surface area contributed by atoms with Gasteiger partial charge < -0.3 is 29.9 Å². The van der Waals surface area contributed by atoms with Crippen molar-refractivity contribution in [3.8, 4) is 11.5 Å². The molecule has 0 saturated heterocycles. The number of hydrogen-bond donors (Lipinski definition) is 4. The number of carboxylic acid groups (broad SMARTS) is 2. The summed E-state index contributed by atoms with van der Waals surface area (Å²) in [4.78, 5) is 21.2. The lowest BCUT2D eigenvalue weighted by Gasteiger charge is -2.07. The van der Waals surface area contributed by atoms with E-state index in [1.165, 1.54) is 6.26 Å². The van der Waals surface area contributed by atoms with Gasteiger partial charge >= 0.3 is 11.9 Å². The Kier molecular flexibility index (Phi) is 14.7. The molecule has 0 heterocycles. The summed E-state index contributed by atoms with van der Waals surface area (Å²) in [5.41, 5.74) is 0.517. The van der Waals surface area contributed by atoms with E-state index in [0.29, 0.717) is 11.8 Å². The average Bonchev–Trinajstić information content (AvgIpc) is 2.75. The Morgan fingerprint density at radius 3 is 1.97 bits per heavy atom. The summed E-state index contributed by atoms with van der Waals surface area (Å²) in [5.74, 6) is -1.23. The summed E-state index contributed by atoms with van der Waals surface area (Å²) in [5, 5.41) is 33.5. The Labute approximate surface area is 180 Å². The van der Waals surface area contributed by atoms with Crippen LogP contribution in [0.3, 0.4) is 0 Å². The van der Waals surface area contributed by atoms with Crippen LogP contribution in [0, 0.1) is 0 Å². The van der Waals surface area contributed by atoms with Crippen LogP contribution in [0.1, 0.15) is 12.0 Å². The van der Waals surface area contributed by atoms with Crippen LogP contribution < -0.4 is 9.47 Å². The maximum Gasteiger partial charge on any atom is 0.331 e. The second-order valence-corrected chi connectivity index (χ2v) is 5.49. The molecule has 2 aromatic rings. The molecule has 8 nitrogen and oxygen atoms in total. The normalized spacial score (nSPS) is 9.65. The molecular weight excluding hydrogens is 404 g/mol. The molecule has 166 valence electrons. The van der Waals surface area contributed by atoms with Crippen LogP contribution in [-0.4, -0.2) is 39.0 Å². The highest BCUT2D eigenvalue weighted by molar-refractivity contribution is 5.94. The molecule has 8 heteroatoms. The predicted octanol–water partition coefficient (Wildman–Crippen LogP) is 3.94. The number of aliphatic hydroxyl groups excluding tert-OH is 2. The molecule has 31 heavy (non-hydrogen) atoms. The largest absolute Gasteiger partial charge is 0.516 e. The van der Waals surface area contributed by atoms with Gasteiger partial charge in [0.1, 0.15) is 11.5 Å². The van der Waals surface area contributed by atoms with Crippen molar-refractivity contribution < 1.29 is 39.5 Å². The Morgan fingerprint density at radius 1 is 0.935 bits per heavy atom. The van der Waals surface area contributed by atoms with Gasteiger partial charge in [0.25, 0.3) is 0 Å². The lowest BCUT2D eigenvalue weighted by Crippen LogP contribution is -2.08. The highest BCUT2D eigenvalue weighted by Gasteiger charge is 2.09. The van der Waals surface area contributed by atoms with E-state index in [2.05, 4.69) is 13.2 Å². The molecule has 0 aliphatic carbocycles. The maximum absolute atomic E-state index is 10.7. The van der Waals surface area contributed by atoms with Crippen LogP contribution in [0.4, 0.5) is 0 Å². The second kappa shape index (κ2) is 16.9. The summed E-state index contributed by atoms with van der Waals surface area (Å²) in [6, 6.07) is 16.2. The summed E-state index contributed by atoms with van der Waals surface area (Å²) in [6.45, 7) is 6.35. The molecule has 0 aliphatic rings. The van der Waals surface area contributed by atoms with E-state index in [0.717, 1.165) is 17.6 Å². The zero-order chi connectivity index (χ0) is 23.5. The first-order chi connectivity index (χ1) is 14.9. The quantitative estimate of drug-likeness (QED) is 0.347. The number of para-hydroxylation sites is 1. The van der Waals surface area contributed by atoms with Crippen LogP contribution >= 0.6 is 0 Å². The molecular formula is C23H26O8. The SMILES string of the molecule is C=CO.C=COc1ccccc1.O=C(O)/C=C(/CCOc1ccc(CO)cc1)C(=O)O. The molecule has 0 aliphatic heterocycles. The first-order valence-electron chi connectivity index (χ1n) is 8.95. The van der Waals surface area contributed by atoms with E-state index in [-0.39, 0.29) is 25.2 Å². The number of benzene rings is 2. The molecule has 0 spiro atoms. The van der Waals surface area contributed by atoms with Gasteiger partial charge in [-0.05, 0) is 29.8 Å². The minimum Gasteiger partial charge on any atom is -0.516 e. The molecule has 0 saturated carbocycles. The van der Waals surface area contributed by atoms with Crippen molar-refractivity contribution in [2.24, 2.45) is 0 Å². The van der Waals surface area contributed by atoms with E-state index in [9.17, 15) is 9.59 Å². The highest BCUT2D eigenvalue weighted by atomic mass is 16.5. The van der Waals surface area contributed by atoms with Crippen LogP contribution in [0.15, 0.2) is 91.9 Å². The van der Waals surface area contributed by atoms with Gasteiger partial charge in [-0.15, -0.1) is 0 Å². The molecule has 4 N–H and O–H groups in total. The van der Waals surface area contributed by atoms with Gasteiger partial charge in [0, 0.05) is 18.1 Å². The van der Waals surface area contributed by atoms with Crippen LogP contribution in [-0.2, 0) is 16.2 Å². The third kappa shape index (κ3) is 13.7. The first-order valence-corrected chi connectivity index (χ1v) is 8.95. The number of rotatable bonds is 9. The number of ether oxygens (including phenoxy) is 2. The van der Waals surface area contributed by atoms with Crippen molar-refractivity contribution in [3.63, 3.8) is 0 Å². The number of hydrogen-bond acceptors (Lipinski definition) is 6. The van der Waals surface area contributed by atoms with Crippen molar-refractivity contribution in [1.29, 1.82) is 0 Å². The van der Waals surface area contributed by atoms with Crippen LogP contribution in [0.5, 0.6) is 11.5 Å². The van der Waals surface area contributed by atoms with Crippen LogP contribution in [0.2, 0.25) is 0 Å². The zero-order valence-electron chi connectivity index (χ0n) is 16.9. The Hall–Kier alpha value is -4.04. The fourth-order valence-corrected chi connectivity index (χ4v) is 1.96. The zero-order valence-corrected chi connectivity index (χ0v) is 16.9. The molecule has 0 radical (unpaired) electrons. The topological polar surface area (TPSA) is 134 Å². The van der Waals surface area contributed by atoms with E-state index in [1.807, 2.05) is 30.3 Å². The summed E-state index contributed by atoms with van der Waals surface area (Å²) in [6.07, 6.45) is 2.80. The van der Waals surface area contributed by atoms with Gasteiger partial charge in [0.15, 0.2) is 0 Å². The highest BCUT2D eigenvalue weighted by Crippen LogP contribution is 2.13. The van der Waals surface area contributed by atoms with Crippen molar-refractivity contribution in [2.45, 2.75) is 13.0 Å². The molecule has 0 amide bonds. The molecule has 0 fully saturated rings. The Morgan fingerprint density at radius 2 is 1.52 bits per heavy atom. The minimum absolute atomic E-state index is 0.0105. The third-order valence-corrected chi connectivity index (χ3v) is 3.28. The van der Waals surface area contributed by atoms with Gasteiger partial charge in [-0.3, -0.25) is 0 Å². The van der Waals surface area contributed by atoms with E-state index >= 15 is 0 Å². The molecule has 0 atom stereocenters. The second-order valence-electron chi connectivity index (χ2n) is 5.49. The van der Waals surface area contributed by atoms with Crippen molar-refractivity contribution in [2.75, 3.05) is 6.61 Å². The summed E-state index contributed by atoms with van der Waals surface area (Å²) in [7, 11) is 0. The van der Waals surface area contributed by atoms with Crippen molar-refractivity contribution in [3.05, 3.63) is 97.5 Å². The smallest absolute Gasteiger partial charge is 0.331 e. The molecule has 0 unspecified atom stereocenters. The van der Waals surface area contributed by atoms with E-state index in [4.69, 9.17) is 29.9 Å². The van der Waals surface area contributed by atoms with Gasteiger partial charge in [0.2, 0.25) is 0 Å². The lowest BCUT2D eigenvalue weighted by molar-refractivity contribution is -0.135. The monoisotopic (exact) mass is 430 g/mol. The van der Waals surface area contributed by atoms with Gasteiger partial charge in [-0.2, -0.15) is 0 Å². The standard InChI is InChI=1S/C13H14O6.C8H8O.C2H4O/c14-8-9-1-3-11(4-2-9)19-6-5-10(13(17)18)7-12(15)16;1-2-9-8-6-4-3-5-7-8;1-2-3/h1-4,7,14H,5-6,8H2,(H,15,16)(H,17,18);2-7H,1H2;2-3H,1H2/b10-7-;;. The molecule has 0 aromatic heterocycles. The number of carboxylic acids is 2. The minimum atomic E-state index is -1.30. The predicted molar refractivity (Wildman–Crippen MR) is 116 cm³/mol. The fourth-order valence-electron chi connectivity index (χ4n) is 1.96. The Balaban J connectivity index is 0.000000619. The average molecular weight is 430 g/mol. The van der Waals surface area contributed by atoms with E-state index in [1.54, 1.807) is 24.3 Å². The van der Waals surface area contributed by atoms with E-state index < -0.39 is 11.9 Å². The summed E-state index contributed by atoms with van der Waals surface area (Å²) >= 11 is 0. The van der Waals surface area contributed by atoms with Crippen molar-refractivity contribution in [1.82, 2.24) is 0 Å². The van der Waals surface area contributed by atoms with Gasteiger partial charge in [0.05, 0.1) is 25.7 Å². The number of aliphatic carboxylic acids is 2. The fraction of sp³-hybridized carbons (Fsp3) is 0.130. The van der Waals surface area contributed by atoms with Gasteiger partial charge in [-0.25, -0.2) is 9.59 Å².